The molecule has 5 nitrogen and oxygen atoms in total. The maximum absolute atomic E-state index is 13.1. The Hall–Kier alpha value is -1.47. The van der Waals surface area contributed by atoms with Crippen LogP contribution in [0.1, 0.15) is 18.9 Å². The molecule has 0 aliphatic heterocycles. The van der Waals surface area contributed by atoms with E-state index in [1.807, 2.05) is 0 Å². The highest BCUT2D eigenvalue weighted by Crippen LogP contribution is 2.09. The van der Waals surface area contributed by atoms with Crippen LogP contribution in [0.15, 0.2) is 24.3 Å². The van der Waals surface area contributed by atoms with Crippen molar-refractivity contribution in [1.82, 2.24) is 4.90 Å². The van der Waals surface area contributed by atoms with Gasteiger partial charge in [-0.3, -0.25) is 4.79 Å². The zero-order chi connectivity index (χ0) is 16.0. The molecule has 1 rings (SSSR count). The third-order valence-corrected chi connectivity index (χ3v) is 4.05. The summed E-state index contributed by atoms with van der Waals surface area (Å²) in [6.45, 7) is 2.46. The van der Waals surface area contributed by atoms with Crippen molar-refractivity contribution >= 4 is 15.7 Å². The quantitative estimate of drug-likeness (QED) is 0.811. The topological polar surface area (TPSA) is 80.5 Å². The van der Waals surface area contributed by atoms with Crippen molar-refractivity contribution in [3.05, 3.63) is 35.6 Å². The fourth-order valence-electron chi connectivity index (χ4n) is 1.90. The first kappa shape index (κ1) is 17.6. The summed E-state index contributed by atoms with van der Waals surface area (Å²) in [7, 11) is -3.15. The van der Waals surface area contributed by atoms with Crippen LogP contribution < -0.4 is 5.73 Å². The molecule has 1 amide bonds. The van der Waals surface area contributed by atoms with Gasteiger partial charge in [-0.25, -0.2) is 12.8 Å². The molecule has 0 spiro atoms. The summed E-state index contributed by atoms with van der Waals surface area (Å²) in [6, 6.07) is 5.12. The lowest BCUT2D eigenvalue weighted by molar-refractivity contribution is -0.133. The predicted octanol–water partition coefficient (Wildman–Crippen LogP) is 0.936. The van der Waals surface area contributed by atoms with Gasteiger partial charge in [-0.05, 0) is 31.0 Å². The van der Waals surface area contributed by atoms with Crippen LogP contribution in [0.2, 0.25) is 0 Å². The molecule has 0 bridgehead atoms. The number of likely N-dealkylation sites (N-methyl/N-ethyl adjacent to an activating group) is 1. The maximum Gasteiger partial charge on any atom is 0.239 e. The summed E-state index contributed by atoms with van der Waals surface area (Å²) >= 11 is 0. The summed E-state index contributed by atoms with van der Waals surface area (Å²) in [5, 5.41) is 0. The van der Waals surface area contributed by atoms with Gasteiger partial charge in [-0.2, -0.15) is 0 Å². The first-order valence-corrected chi connectivity index (χ1v) is 8.75. The third-order valence-electron chi connectivity index (χ3n) is 3.07. The number of sulfone groups is 1. The number of benzene rings is 1. The van der Waals surface area contributed by atoms with Crippen LogP contribution in [0, 0.1) is 5.82 Å². The van der Waals surface area contributed by atoms with Gasteiger partial charge in [-0.15, -0.1) is 0 Å². The molecule has 0 aromatic heterocycles. The lowest BCUT2D eigenvalue weighted by Gasteiger charge is -2.24. The van der Waals surface area contributed by atoms with Crippen LogP contribution in [-0.2, 0) is 21.2 Å². The Bertz CT molecular complexity index is 590. The van der Waals surface area contributed by atoms with E-state index in [4.69, 9.17) is 5.73 Å². The molecule has 0 radical (unpaired) electrons. The van der Waals surface area contributed by atoms with Gasteiger partial charge in [0.15, 0.2) is 0 Å². The van der Waals surface area contributed by atoms with E-state index in [1.54, 1.807) is 19.1 Å². The van der Waals surface area contributed by atoms with E-state index < -0.39 is 15.9 Å². The lowest BCUT2D eigenvalue weighted by atomic mass is 10.1. The van der Waals surface area contributed by atoms with Crippen LogP contribution in [-0.4, -0.2) is 43.8 Å². The molecule has 7 heteroatoms. The normalized spacial score (nSPS) is 13.0. The van der Waals surface area contributed by atoms with E-state index in [9.17, 15) is 17.6 Å². The van der Waals surface area contributed by atoms with Gasteiger partial charge < -0.3 is 10.6 Å². The number of carbonyl (C=O) groups excluding carboxylic acids is 1. The second kappa shape index (κ2) is 7.51. The van der Waals surface area contributed by atoms with Crippen molar-refractivity contribution in [3.63, 3.8) is 0 Å². The van der Waals surface area contributed by atoms with Crippen molar-refractivity contribution < 1.29 is 17.6 Å². The zero-order valence-electron chi connectivity index (χ0n) is 12.3. The number of hydrogen-bond acceptors (Lipinski definition) is 4. The van der Waals surface area contributed by atoms with Gasteiger partial charge in [0.2, 0.25) is 5.91 Å². The maximum atomic E-state index is 13.1. The smallest absolute Gasteiger partial charge is 0.239 e. The first-order chi connectivity index (χ1) is 9.73. The zero-order valence-corrected chi connectivity index (χ0v) is 13.1. The molecule has 21 heavy (non-hydrogen) atoms. The van der Waals surface area contributed by atoms with E-state index in [2.05, 4.69) is 0 Å². The minimum absolute atomic E-state index is 0.0807. The SMILES string of the molecule is CCN(Cc1cccc(F)c1)C(=O)C(N)CCS(C)(=O)=O. The molecular weight excluding hydrogens is 295 g/mol. The highest BCUT2D eigenvalue weighted by atomic mass is 32.2. The fourth-order valence-corrected chi connectivity index (χ4v) is 2.58. The summed E-state index contributed by atoms with van der Waals surface area (Å²) in [4.78, 5) is 13.7. The summed E-state index contributed by atoms with van der Waals surface area (Å²) < 4.78 is 35.3. The van der Waals surface area contributed by atoms with Crippen LogP contribution in [0.4, 0.5) is 4.39 Å². The minimum atomic E-state index is -3.15. The fraction of sp³-hybridized carbons (Fsp3) is 0.500. The van der Waals surface area contributed by atoms with E-state index >= 15 is 0 Å². The largest absolute Gasteiger partial charge is 0.337 e. The van der Waals surface area contributed by atoms with Crippen molar-refractivity contribution in [2.75, 3.05) is 18.6 Å². The number of amides is 1. The number of nitrogens with two attached hydrogens (primary N) is 1. The molecule has 1 unspecified atom stereocenters. The van der Waals surface area contributed by atoms with Crippen LogP contribution in [0.3, 0.4) is 0 Å². The number of rotatable bonds is 7. The van der Waals surface area contributed by atoms with Gasteiger partial charge in [0.25, 0.3) is 0 Å². The van der Waals surface area contributed by atoms with Crippen molar-refractivity contribution in [2.45, 2.75) is 25.9 Å². The molecule has 1 atom stereocenters. The Morgan fingerprint density at radius 1 is 1.43 bits per heavy atom. The Morgan fingerprint density at radius 2 is 2.10 bits per heavy atom. The number of nitrogens with zero attached hydrogens (tertiary/aromatic N) is 1. The van der Waals surface area contributed by atoms with Crippen LogP contribution >= 0.6 is 0 Å². The van der Waals surface area contributed by atoms with Gasteiger partial charge in [0.05, 0.1) is 11.8 Å². The number of carbonyl (C=O) groups is 1. The average molecular weight is 316 g/mol. The van der Waals surface area contributed by atoms with E-state index in [0.717, 1.165) is 6.26 Å². The molecule has 1 aromatic carbocycles. The third kappa shape index (κ3) is 6.22. The predicted molar refractivity (Wildman–Crippen MR) is 79.8 cm³/mol. The van der Waals surface area contributed by atoms with Gasteiger partial charge in [-0.1, -0.05) is 12.1 Å². The molecule has 0 heterocycles. The molecule has 1 aromatic rings. The monoisotopic (exact) mass is 316 g/mol. The van der Waals surface area contributed by atoms with E-state index in [0.29, 0.717) is 12.1 Å². The Balaban J connectivity index is 2.68. The number of halogens is 1. The van der Waals surface area contributed by atoms with E-state index in [-0.39, 0.29) is 30.4 Å². The minimum Gasteiger partial charge on any atom is -0.337 e. The lowest BCUT2D eigenvalue weighted by Crippen LogP contribution is -2.44. The Kier molecular flexibility index (Phi) is 6.29. The molecular formula is C14H21FN2O3S. The molecule has 0 saturated carbocycles. The van der Waals surface area contributed by atoms with Crippen molar-refractivity contribution in [2.24, 2.45) is 5.73 Å². The first-order valence-electron chi connectivity index (χ1n) is 6.69. The van der Waals surface area contributed by atoms with E-state index in [1.165, 1.54) is 17.0 Å². The number of hydrogen-bond donors (Lipinski definition) is 1. The molecule has 2 N–H and O–H groups in total. The second-order valence-corrected chi connectivity index (χ2v) is 7.27. The molecule has 0 aliphatic carbocycles. The average Bonchev–Trinajstić information content (AvgIpc) is 2.40. The van der Waals surface area contributed by atoms with Gasteiger partial charge >= 0.3 is 0 Å². The molecule has 118 valence electrons. The van der Waals surface area contributed by atoms with Crippen LogP contribution in [0.25, 0.3) is 0 Å². The van der Waals surface area contributed by atoms with Crippen LogP contribution in [0.5, 0.6) is 0 Å². The summed E-state index contributed by atoms with van der Waals surface area (Å²) in [5.74, 6) is -0.819. The van der Waals surface area contributed by atoms with Crippen molar-refractivity contribution in [1.29, 1.82) is 0 Å². The standard InChI is InChI=1S/C14H21FN2O3S/c1-3-17(10-11-5-4-6-12(15)9-11)14(18)13(16)7-8-21(2,19)20/h4-6,9,13H,3,7-8,10,16H2,1-2H3. The van der Waals surface area contributed by atoms with Gasteiger partial charge in [0, 0.05) is 19.3 Å². The van der Waals surface area contributed by atoms with Crippen molar-refractivity contribution in [3.8, 4) is 0 Å². The Labute approximate surface area is 124 Å². The second-order valence-electron chi connectivity index (χ2n) is 5.01. The summed E-state index contributed by atoms with van der Waals surface area (Å²) in [5.41, 5.74) is 6.42. The summed E-state index contributed by atoms with van der Waals surface area (Å²) in [6.07, 6.45) is 1.19. The molecule has 0 fully saturated rings. The highest BCUT2D eigenvalue weighted by Gasteiger charge is 2.21. The van der Waals surface area contributed by atoms with Gasteiger partial charge in [0.1, 0.15) is 15.7 Å². The Morgan fingerprint density at radius 3 is 2.62 bits per heavy atom. The highest BCUT2D eigenvalue weighted by molar-refractivity contribution is 7.90. The molecule has 0 saturated heterocycles. The molecule has 0 aliphatic rings.